The van der Waals surface area contributed by atoms with Crippen LogP contribution in [0.5, 0.6) is 0 Å². The van der Waals surface area contributed by atoms with Gasteiger partial charge in [0.15, 0.2) is 0 Å². The number of benzene rings is 3. The molecule has 2 aromatic heterocycles. The summed E-state index contributed by atoms with van der Waals surface area (Å²) in [6, 6.07) is 28.3. The topological polar surface area (TPSA) is 55.3 Å². The van der Waals surface area contributed by atoms with Crippen LogP contribution in [0.4, 0.5) is 0 Å². The van der Waals surface area contributed by atoms with E-state index in [2.05, 4.69) is 34.1 Å². The van der Waals surface area contributed by atoms with Gasteiger partial charge in [-0.3, -0.25) is 9.88 Å². The quantitative estimate of drug-likeness (QED) is 0.262. The number of para-hydroxylation sites is 1. The zero-order chi connectivity index (χ0) is 24.3. The minimum Gasteiger partial charge on any atom is -0.456 e. The number of carbonyl (C=O) groups is 1. The van der Waals surface area contributed by atoms with Gasteiger partial charge < -0.3 is 4.74 Å². The SMILES string of the molecule is O=C(OCc1csc(-c2ccccc2)n1)c1c2c(nc3ccccc13)CCN(Cc1ccccc1)C2. The van der Waals surface area contributed by atoms with Crippen LogP contribution in [-0.4, -0.2) is 27.4 Å². The van der Waals surface area contributed by atoms with Crippen LogP contribution in [0.1, 0.15) is 32.9 Å². The second-order valence-electron chi connectivity index (χ2n) is 8.96. The molecule has 1 aliphatic heterocycles. The number of hydrogen-bond acceptors (Lipinski definition) is 6. The third kappa shape index (κ3) is 4.65. The van der Waals surface area contributed by atoms with E-state index in [0.717, 1.165) is 57.9 Å². The van der Waals surface area contributed by atoms with Gasteiger partial charge in [0.25, 0.3) is 0 Å². The summed E-state index contributed by atoms with van der Waals surface area (Å²) in [5.74, 6) is -0.319. The molecule has 0 N–H and O–H groups in total. The summed E-state index contributed by atoms with van der Waals surface area (Å²) in [6.07, 6.45) is 0.805. The second-order valence-corrected chi connectivity index (χ2v) is 9.82. The van der Waals surface area contributed by atoms with Gasteiger partial charge in [-0.05, 0) is 11.6 Å². The lowest BCUT2D eigenvalue weighted by Crippen LogP contribution is -2.32. The molecular weight excluding hydrogens is 466 g/mol. The molecule has 0 amide bonds. The molecule has 36 heavy (non-hydrogen) atoms. The van der Waals surface area contributed by atoms with Crippen molar-refractivity contribution >= 4 is 28.2 Å². The number of pyridine rings is 1. The third-order valence-corrected chi connectivity index (χ3v) is 7.44. The summed E-state index contributed by atoms with van der Waals surface area (Å²) in [7, 11) is 0. The average molecular weight is 492 g/mol. The lowest BCUT2D eigenvalue weighted by Gasteiger charge is -2.30. The van der Waals surface area contributed by atoms with Crippen molar-refractivity contribution in [3.8, 4) is 10.6 Å². The van der Waals surface area contributed by atoms with Gasteiger partial charge in [-0.15, -0.1) is 11.3 Å². The van der Waals surface area contributed by atoms with Crippen molar-refractivity contribution in [2.45, 2.75) is 26.1 Å². The lowest BCUT2D eigenvalue weighted by molar-refractivity contribution is 0.0467. The van der Waals surface area contributed by atoms with Crippen LogP contribution in [0.25, 0.3) is 21.5 Å². The Morgan fingerprint density at radius 2 is 1.67 bits per heavy atom. The Labute approximate surface area is 214 Å². The van der Waals surface area contributed by atoms with Crippen LogP contribution in [0.2, 0.25) is 0 Å². The molecule has 0 aliphatic carbocycles. The molecule has 0 saturated carbocycles. The van der Waals surface area contributed by atoms with E-state index in [9.17, 15) is 4.79 Å². The number of nitrogens with zero attached hydrogens (tertiary/aromatic N) is 3. The summed E-state index contributed by atoms with van der Waals surface area (Å²) >= 11 is 1.56. The van der Waals surface area contributed by atoms with E-state index in [1.165, 1.54) is 5.56 Å². The maximum atomic E-state index is 13.6. The van der Waals surface area contributed by atoms with Crippen LogP contribution in [-0.2, 0) is 30.9 Å². The molecule has 0 atom stereocenters. The van der Waals surface area contributed by atoms with Crippen LogP contribution in [0, 0.1) is 0 Å². The van der Waals surface area contributed by atoms with E-state index in [0.29, 0.717) is 12.1 Å². The van der Waals surface area contributed by atoms with Crippen LogP contribution >= 0.6 is 11.3 Å². The van der Waals surface area contributed by atoms with E-state index in [1.807, 2.05) is 66.0 Å². The number of aromatic nitrogens is 2. The zero-order valence-corrected chi connectivity index (χ0v) is 20.6. The summed E-state index contributed by atoms with van der Waals surface area (Å²) in [5.41, 5.74) is 6.51. The normalized spacial score (nSPS) is 13.4. The molecule has 1 aliphatic rings. The first kappa shape index (κ1) is 22.6. The Kier molecular flexibility index (Phi) is 6.28. The first-order chi connectivity index (χ1) is 17.7. The van der Waals surface area contributed by atoms with Crippen molar-refractivity contribution in [2.24, 2.45) is 0 Å². The van der Waals surface area contributed by atoms with Gasteiger partial charge in [0.2, 0.25) is 0 Å². The molecular formula is C30H25N3O2S. The van der Waals surface area contributed by atoms with Gasteiger partial charge in [-0.2, -0.15) is 0 Å². The molecule has 3 aromatic carbocycles. The van der Waals surface area contributed by atoms with Crippen molar-refractivity contribution in [1.29, 1.82) is 0 Å². The monoisotopic (exact) mass is 491 g/mol. The Morgan fingerprint density at radius 1 is 0.917 bits per heavy atom. The lowest BCUT2D eigenvalue weighted by atomic mass is 9.95. The summed E-state index contributed by atoms with van der Waals surface area (Å²) in [6.45, 7) is 2.55. The van der Waals surface area contributed by atoms with Gasteiger partial charge in [0.1, 0.15) is 11.6 Å². The van der Waals surface area contributed by atoms with Gasteiger partial charge in [0.05, 0.1) is 16.8 Å². The first-order valence-electron chi connectivity index (χ1n) is 12.1. The predicted molar refractivity (Wildman–Crippen MR) is 143 cm³/mol. The zero-order valence-electron chi connectivity index (χ0n) is 19.8. The minimum atomic E-state index is -0.319. The van der Waals surface area contributed by atoms with Gasteiger partial charge in [-0.25, -0.2) is 9.78 Å². The van der Waals surface area contributed by atoms with Gasteiger partial charge in [-0.1, -0.05) is 78.9 Å². The Hall–Kier alpha value is -3.87. The van der Waals surface area contributed by atoms with Crippen molar-refractivity contribution in [2.75, 3.05) is 6.54 Å². The molecule has 0 spiro atoms. The van der Waals surface area contributed by atoms with Crippen LogP contribution in [0.15, 0.2) is 90.3 Å². The van der Waals surface area contributed by atoms with Gasteiger partial charge in [0, 0.05) is 53.6 Å². The molecule has 3 heterocycles. The van der Waals surface area contributed by atoms with E-state index in [1.54, 1.807) is 11.3 Å². The van der Waals surface area contributed by atoms with E-state index in [-0.39, 0.29) is 12.6 Å². The van der Waals surface area contributed by atoms with Crippen molar-refractivity contribution in [3.05, 3.63) is 118 Å². The molecule has 0 radical (unpaired) electrons. The average Bonchev–Trinajstić information content (AvgIpc) is 3.41. The predicted octanol–water partition coefficient (Wildman–Crippen LogP) is 6.27. The number of ether oxygens (including phenoxy) is 1. The smallest absolute Gasteiger partial charge is 0.339 e. The van der Waals surface area contributed by atoms with Gasteiger partial charge >= 0.3 is 5.97 Å². The Balaban J connectivity index is 1.27. The maximum absolute atomic E-state index is 13.6. The van der Waals surface area contributed by atoms with Crippen molar-refractivity contribution in [3.63, 3.8) is 0 Å². The highest BCUT2D eigenvalue weighted by Crippen LogP contribution is 2.30. The highest BCUT2D eigenvalue weighted by atomic mass is 32.1. The first-order valence-corrected chi connectivity index (χ1v) is 13.0. The molecule has 0 fully saturated rings. The minimum absolute atomic E-state index is 0.140. The van der Waals surface area contributed by atoms with E-state index in [4.69, 9.17) is 9.72 Å². The Bertz CT molecular complexity index is 1520. The fourth-order valence-corrected chi connectivity index (χ4v) is 5.56. The van der Waals surface area contributed by atoms with Crippen molar-refractivity contribution < 1.29 is 9.53 Å². The fraction of sp³-hybridized carbons (Fsp3) is 0.167. The van der Waals surface area contributed by atoms with Crippen molar-refractivity contribution in [1.82, 2.24) is 14.9 Å². The molecule has 0 saturated heterocycles. The summed E-state index contributed by atoms with van der Waals surface area (Å²) in [5, 5.41) is 3.72. The van der Waals surface area contributed by atoms with Crippen LogP contribution < -0.4 is 0 Å². The fourth-order valence-electron chi connectivity index (χ4n) is 4.75. The molecule has 0 bridgehead atoms. The number of carbonyl (C=O) groups excluding carboxylic acids is 1. The molecule has 0 unspecified atom stereocenters. The highest BCUT2D eigenvalue weighted by molar-refractivity contribution is 7.13. The molecule has 178 valence electrons. The van der Waals surface area contributed by atoms with E-state index >= 15 is 0 Å². The summed E-state index contributed by atoms with van der Waals surface area (Å²) in [4.78, 5) is 25.5. The number of thiazole rings is 1. The largest absolute Gasteiger partial charge is 0.456 e. The highest BCUT2D eigenvalue weighted by Gasteiger charge is 2.27. The maximum Gasteiger partial charge on any atom is 0.339 e. The number of rotatable bonds is 6. The van der Waals surface area contributed by atoms with E-state index < -0.39 is 0 Å². The van der Waals surface area contributed by atoms with Crippen LogP contribution in [0.3, 0.4) is 0 Å². The number of hydrogen-bond donors (Lipinski definition) is 0. The summed E-state index contributed by atoms with van der Waals surface area (Å²) < 4.78 is 5.85. The standard InChI is InChI=1S/C30H25N3O2S/c34-30(35-19-23-20-36-29(31-23)22-11-5-2-6-12-22)28-24-13-7-8-14-26(24)32-27-15-16-33(18-25(27)28)17-21-9-3-1-4-10-21/h1-14,20H,15-19H2. The molecule has 6 heteroatoms. The molecule has 5 nitrogen and oxygen atoms in total. The molecule has 5 aromatic rings. The number of fused-ring (bicyclic) bond motifs is 2. The third-order valence-electron chi connectivity index (χ3n) is 6.50. The molecule has 6 rings (SSSR count). The Morgan fingerprint density at radius 3 is 2.50 bits per heavy atom. The second kappa shape index (κ2) is 10.0. The number of esters is 1.